The SMILES string of the molecule is CS[C@@H](C)C(=O)Nc1cc(C)nn1C. The second-order valence-electron chi connectivity index (χ2n) is 3.16. The van der Waals surface area contributed by atoms with Crippen molar-refractivity contribution in [3.63, 3.8) is 0 Å². The van der Waals surface area contributed by atoms with E-state index < -0.39 is 0 Å². The van der Waals surface area contributed by atoms with E-state index in [4.69, 9.17) is 0 Å². The van der Waals surface area contributed by atoms with Crippen molar-refractivity contribution < 1.29 is 4.79 Å². The lowest BCUT2D eigenvalue weighted by Gasteiger charge is -2.08. The lowest BCUT2D eigenvalue weighted by atomic mass is 10.4. The molecule has 78 valence electrons. The molecule has 14 heavy (non-hydrogen) atoms. The highest BCUT2D eigenvalue weighted by Gasteiger charge is 2.13. The van der Waals surface area contributed by atoms with E-state index in [0.717, 1.165) is 11.5 Å². The highest BCUT2D eigenvalue weighted by Crippen LogP contribution is 2.11. The molecule has 0 aliphatic rings. The van der Waals surface area contributed by atoms with E-state index in [-0.39, 0.29) is 11.2 Å². The van der Waals surface area contributed by atoms with Gasteiger partial charge in [-0.2, -0.15) is 16.9 Å². The molecule has 0 saturated carbocycles. The molecule has 0 saturated heterocycles. The van der Waals surface area contributed by atoms with Crippen LogP contribution in [0.4, 0.5) is 5.82 Å². The summed E-state index contributed by atoms with van der Waals surface area (Å²) in [6.07, 6.45) is 1.92. The molecule has 0 aromatic carbocycles. The van der Waals surface area contributed by atoms with E-state index in [1.807, 2.05) is 33.2 Å². The molecule has 1 N–H and O–H groups in total. The predicted octanol–water partition coefficient (Wildman–Crippen LogP) is 1.42. The van der Waals surface area contributed by atoms with Gasteiger partial charge in [0.15, 0.2) is 0 Å². The number of rotatable bonds is 3. The average molecular weight is 213 g/mol. The number of anilines is 1. The number of hydrogen-bond acceptors (Lipinski definition) is 3. The zero-order valence-corrected chi connectivity index (χ0v) is 9.68. The van der Waals surface area contributed by atoms with Gasteiger partial charge in [0, 0.05) is 13.1 Å². The summed E-state index contributed by atoms with van der Waals surface area (Å²) in [5.41, 5.74) is 0.902. The van der Waals surface area contributed by atoms with Gasteiger partial charge in [-0.3, -0.25) is 9.48 Å². The van der Waals surface area contributed by atoms with Crippen molar-refractivity contribution in [2.75, 3.05) is 11.6 Å². The molecule has 4 nitrogen and oxygen atoms in total. The fourth-order valence-electron chi connectivity index (χ4n) is 1.06. The maximum Gasteiger partial charge on any atom is 0.238 e. The van der Waals surface area contributed by atoms with Gasteiger partial charge in [-0.1, -0.05) is 0 Å². The van der Waals surface area contributed by atoms with E-state index in [2.05, 4.69) is 10.4 Å². The molecule has 0 spiro atoms. The lowest BCUT2D eigenvalue weighted by molar-refractivity contribution is -0.115. The molecule has 0 radical (unpaired) electrons. The highest BCUT2D eigenvalue weighted by molar-refractivity contribution is 7.99. The minimum atomic E-state index is -0.0368. The Morgan fingerprint density at radius 1 is 1.71 bits per heavy atom. The number of hydrogen-bond donors (Lipinski definition) is 1. The molecule has 1 aromatic rings. The van der Waals surface area contributed by atoms with E-state index in [1.165, 1.54) is 11.8 Å². The van der Waals surface area contributed by atoms with Gasteiger partial charge in [0.05, 0.1) is 10.9 Å². The van der Waals surface area contributed by atoms with E-state index in [1.54, 1.807) is 4.68 Å². The smallest absolute Gasteiger partial charge is 0.238 e. The van der Waals surface area contributed by atoms with Crippen LogP contribution in [0.3, 0.4) is 0 Å². The summed E-state index contributed by atoms with van der Waals surface area (Å²) in [6, 6.07) is 1.85. The van der Waals surface area contributed by atoms with Crippen LogP contribution in [0, 0.1) is 6.92 Å². The standard InChI is InChI=1S/C9H15N3OS/c1-6-5-8(12(3)11-6)10-9(13)7(2)14-4/h5,7H,1-4H3,(H,10,13)/t7-/m0/s1. The van der Waals surface area contributed by atoms with Crippen LogP contribution in [0.15, 0.2) is 6.07 Å². The van der Waals surface area contributed by atoms with E-state index in [0.29, 0.717) is 0 Å². The first kappa shape index (κ1) is 11.1. The zero-order chi connectivity index (χ0) is 10.7. The third kappa shape index (κ3) is 2.51. The molecule has 0 bridgehead atoms. The monoisotopic (exact) mass is 213 g/mol. The largest absolute Gasteiger partial charge is 0.310 e. The van der Waals surface area contributed by atoms with Crippen LogP contribution in [-0.2, 0) is 11.8 Å². The molecule has 1 aromatic heterocycles. The number of nitrogens with one attached hydrogen (secondary N) is 1. The first-order valence-electron chi connectivity index (χ1n) is 4.39. The Labute approximate surface area is 88.1 Å². The summed E-state index contributed by atoms with van der Waals surface area (Å²) in [5.74, 6) is 0.758. The summed E-state index contributed by atoms with van der Waals surface area (Å²) in [5, 5.41) is 6.93. The fourth-order valence-corrected chi connectivity index (χ4v) is 1.34. The lowest BCUT2D eigenvalue weighted by Crippen LogP contribution is -2.23. The molecule has 1 rings (SSSR count). The predicted molar refractivity (Wildman–Crippen MR) is 59.6 cm³/mol. The minimum Gasteiger partial charge on any atom is -0.310 e. The summed E-state index contributed by atoms with van der Waals surface area (Å²) < 4.78 is 1.67. The third-order valence-electron chi connectivity index (χ3n) is 1.98. The fraction of sp³-hybridized carbons (Fsp3) is 0.556. The van der Waals surface area contributed by atoms with Crippen LogP contribution in [0.2, 0.25) is 0 Å². The van der Waals surface area contributed by atoms with Crippen molar-refractivity contribution in [1.29, 1.82) is 0 Å². The molecule has 0 fully saturated rings. The molecule has 1 heterocycles. The average Bonchev–Trinajstić information content (AvgIpc) is 2.44. The Kier molecular flexibility index (Phi) is 3.57. The van der Waals surface area contributed by atoms with Crippen LogP contribution in [0.25, 0.3) is 0 Å². The summed E-state index contributed by atoms with van der Waals surface area (Å²) >= 11 is 1.52. The Hall–Kier alpha value is -0.970. The second-order valence-corrected chi connectivity index (χ2v) is 4.34. The molecule has 0 aliphatic carbocycles. The first-order chi connectivity index (χ1) is 6.54. The molecule has 0 unspecified atom stereocenters. The second kappa shape index (κ2) is 4.50. The van der Waals surface area contributed by atoms with Gasteiger partial charge >= 0.3 is 0 Å². The number of amides is 1. The summed E-state index contributed by atoms with van der Waals surface area (Å²) in [6.45, 7) is 3.77. The first-order valence-corrected chi connectivity index (χ1v) is 5.67. The molecule has 0 aliphatic heterocycles. The van der Waals surface area contributed by atoms with Crippen LogP contribution in [0.1, 0.15) is 12.6 Å². The van der Waals surface area contributed by atoms with Gasteiger partial charge in [0.1, 0.15) is 5.82 Å². The van der Waals surface area contributed by atoms with Crippen LogP contribution in [-0.4, -0.2) is 27.2 Å². The van der Waals surface area contributed by atoms with Gasteiger partial charge < -0.3 is 5.32 Å². The van der Waals surface area contributed by atoms with E-state index in [9.17, 15) is 4.79 Å². The topological polar surface area (TPSA) is 46.9 Å². The Balaban J connectivity index is 2.69. The number of carbonyl (C=O) groups excluding carboxylic acids is 1. The Bertz CT molecular complexity index is 335. The van der Waals surface area contributed by atoms with Gasteiger partial charge in [0.25, 0.3) is 0 Å². The van der Waals surface area contributed by atoms with Crippen molar-refractivity contribution in [3.05, 3.63) is 11.8 Å². The quantitative estimate of drug-likeness (QED) is 0.826. The molecular weight excluding hydrogens is 198 g/mol. The van der Waals surface area contributed by atoms with Crippen molar-refractivity contribution in [3.8, 4) is 0 Å². The van der Waals surface area contributed by atoms with Gasteiger partial charge in [-0.25, -0.2) is 0 Å². The maximum absolute atomic E-state index is 11.5. The van der Waals surface area contributed by atoms with Crippen molar-refractivity contribution in [2.45, 2.75) is 19.1 Å². The number of nitrogens with zero attached hydrogens (tertiary/aromatic N) is 2. The summed E-state index contributed by atoms with van der Waals surface area (Å²) in [7, 11) is 1.81. The number of aromatic nitrogens is 2. The van der Waals surface area contributed by atoms with Gasteiger partial charge in [-0.05, 0) is 20.1 Å². The zero-order valence-electron chi connectivity index (χ0n) is 8.87. The number of aryl methyl sites for hydroxylation is 2. The van der Waals surface area contributed by atoms with Crippen molar-refractivity contribution in [1.82, 2.24) is 9.78 Å². The minimum absolute atomic E-state index is 0.0144. The molecule has 1 atom stereocenters. The number of thioether (sulfide) groups is 1. The van der Waals surface area contributed by atoms with Gasteiger partial charge in [0.2, 0.25) is 5.91 Å². The van der Waals surface area contributed by atoms with Crippen LogP contribution >= 0.6 is 11.8 Å². The van der Waals surface area contributed by atoms with Crippen molar-refractivity contribution >= 4 is 23.5 Å². The maximum atomic E-state index is 11.5. The Morgan fingerprint density at radius 2 is 2.36 bits per heavy atom. The van der Waals surface area contributed by atoms with Crippen molar-refractivity contribution in [2.24, 2.45) is 7.05 Å². The normalized spacial score (nSPS) is 12.6. The third-order valence-corrected chi connectivity index (χ3v) is 2.90. The summed E-state index contributed by atoms with van der Waals surface area (Å²) in [4.78, 5) is 11.5. The Morgan fingerprint density at radius 3 is 2.79 bits per heavy atom. The van der Waals surface area contributed by atoms with E-state index >= 15 is 0 Å². The molecular formula is C9H15N3OS. The number of carbonyl (C=O) groups is 1. The van der Waals surface area contributed by atoms with Gasteiger partial charge in [-0.15, -0.1) is 0 Å². The molecule has 1 amide bonds. The van der Waals surface area contributed by atoms with Crippen LogP contribution in [0.5, 0.6) is 0 Å². The van der Waals surface area contributed by atoms with Crippen LogP contribution < -0.4 is 5.32 Å². The highest BCUT2D eigenvalue weighted by atomic mass is 32.2. The molecule has 5 heteroatoms.